The number of aliphatic hydroxyl groups is 8. The lowest BCUT2D eigenvalue weighted by Crippen LogP contribution is -2.55. The lowest BCUT2D eigenvalue weighted by Gasteiger charge is -2.40. The number of rotatable bonds is 9. The Balaban J connectivity index is 1.33. The summed E-state index contributed by atoms with van der Waals surface area (Å²) in [7, 11) is 0. The zero-order valence-electron chi connectivity index (χ0n) is 21.0. The second kappa shape index (κ2) is 12.9. The zero-order chi connectivity index (χ0) is 27.4. The highest BCUT2D eigenvalue weighted by Gasteiger charge is 2.45. The molecule has 8 N–H and O–H groups in total. The molecule has 2 aliphatic heterocycles. The Bertz CT molecular complexity index is 949. The molecular weight excluding hydrogens is 496 g/mol. The Morgan fingerprint density at radius 2 is 0.921 bits per heavy atom. The standard InChI is InChI=1S/C28H38O10/c29-13-19-21(31)23(33)25(35)27(37-19)17-9-3-7-15(11-17)5-1-2-6-16-8-4-10-18(12-16)28-26(36)24(34)22(32)20(14-30)38-28/h3-4,7-12,19-36H,1-2,5-6,13-14H2/t19-,20-,21-,22-,23+,24+,25-,26+,27-,28-/m1/s1. The summed E-state index contributed by atoms with van der Waals surface area (Å²) in [5.41, 5.74) is 3.36. The quantitative estimate of drug-likeness (QED) is 0.191. The van der Waals surface area contributed by atoms with Gasteiger partial charge in [0, 0.05) is 0 Å². The molecule has 2 saturated heterocycles. The summed E-state index contributed by atoms with van der Waals surface area (Å²) >= 11 is 0. The lowest BCUT2D eigenvalue weighted by atomic mass is 9.90. The van der Waals surface area contributed by atoms with Crippen LogP contribution in [0.3, 0.4) is 0 Å². The van der Waals surface area contributed by atoms with Crippen LogP contribution >= 0.6 is 0 Å². The number of unbranched alkanes of at least 4 members (excludes halogenated alkanes) is 1. The van der Waals surface area contributed by atoms with E-state index in [0.717, 1.165) is 36.8 Å². The van der Waals surface area contributed by atoms with Crippen molar-refractivity contribution >= 4 is 0 Å². The molecule has 2 aromatic rings. The third-order valence-corrected chi connectivity index (χ3v) is 7.52. The van der Waals surface area contributed by atoms with Crippen LogP contribution in [0.5, 0.6) is 0 Å². The van der Waals surface area contributed by atoms with Gasteiger partial charge >= 0.3 is 0 Å². The van der Waals surface area contributed by atoms with Gasteiger partial charge in [0.2, 0.25) is 0 Å². The maximum atomic E-state index is 10.4. The van der Waals surface area contributed by atoms with Gasteiger partial charge in [0.15, 0.2) is 0 Å². The first-order valence-corrected chi connectivity index (χ1v) is 13.0. The lowest BCUT2D eigenvalue weighted by molar-refractivity contribution is -0.231. The summed E-state index contributed by atoms with van der Waals surface area (Å²) in [4.78, 5) is 0. The van der Waals surface area contributed by atoms with Crippen molar-refractivity contribution in [1.82, 2.24) is 0 Å². The van der Waals surface area contributed by atoms with Crippen molar-refractivity contribution in [2.45, 2.75) is 86.7 Å². The zero-order valence-corrected chi connectivity index (χ0v) is 21.0. The molecule has 2 aromatic carbocycles. The molecule has 0 spiro atoms. The van der Waals surface area contributed by atoms with Gasteiger partial charge in [0.25, 0.3) is 0 Å². The molecule has 38 heavy (non-hydrogen) atoms. The molecule has 0 aromatic heterocycles. The summed E-state index contributed by atoms with van der Waals surface area (Å²) < 4.78 is 11.3. The summed E-state index contributed by atoms with van der Waals surface area (Å²) in [5.74, 6) is 0. The Morgan fingerprint density at radius 1 is 0.526 bits per heavy atom. The Kier molecular flexibility index (Phi) is 9.88. The van der Waals surface area contributed by atoms with Gasteiger partial charge < -0.3 is 50.3 Å². The molecule has 0 aliphatic carbocycles. The Morgan fingerprint density at radius 3 is 1.29 bits per heavy atom. The van der Waals surface area contributed by atoms with Crippen LogP contribution in [0.2, 0.25) is 0 Å². The molecule has 2 aliphatic rings. The minimum Gasteiger partial charge on any atom is -0.394 e. The topological polar surface area (TPSA) is 180 Å². The largest absolute Gasteiger partial charge is 0.394 e. The minimum atomic E-state index is -1.42. The second-order valence-corrected chi connectivity index (χ2v) is 10.2. The van der Waals surface area contributed by atoms with Gasteiger partial charge in [0.05, 0.1) is 13.2 Å². The highest BCUT2D eigenvalue weighted by Crippen LogP contribution is 2.34. The molecule has 0 radical (unpaired) electrons. The molecule has 2 fully saturated rings. The van der Waals surface area contributed by atoms with Crippen LogP contribution in [0.15, 0.2) is 48.5 Å². The number of aliphatic hydroxyl groups excluding tert-OH is 8. The van der Waals surface area contributed by atoms with E-state index in [2.05, 4.69) is 0 Å². The van der Waals surface area contributed by atoms with Crippen LogP contribution in [0, 0.1) is 0 Å². The molecule has 0 saturated carbocycles. The molecule has 10 heteroatoms. The molecule has 2 heterocycles. The van der Waals surface area contributed by atoms with Crippen molar-refractivity contribution in [2.75, 3.05) is 13.2 Å². The van der Waals surface area contributed by atoms with E-state index < -0.39 is 74.3 Å². The van der Waals surface area contributed by atoms with Gasteiger partial charge in [-0.2, -0.15) is 0 Å². The first-order valence-electron chi connectivity index (χ1n) is 13.0. The summed E-state index contributed by atoms with van der Waals surface area (Å²) in [6.07, 6.45) is -8.67. The number of hydrogen-bond donors (Lipinski definition) is 8. The van der Waals surface area contributed by atoms with Crippen LogP contribution < -0.4 is 0 Å². The fraction of sp³-hybridized carbons (Fsp3) is 0.571. The Labute approximate surface area is 221 Å². The normalized spacial score (nSPS) is 35.8. The van der Waals surface area contributed by atoms with Crippen molar-refractivity contribution < 1.29 is 50.3 Å². The molecule has 10 atom stereocenters. The van der Waals surface area contributed by atoms with Gasteiger partial charge in [0.1, 0.15) is 61.0 Å². The average Bonchev–Trinajstić information content (AvgIpc) is 2.93. The summed E-state index contributed by atoms with van der Waals surface area (Å²) in [6, 6.07) is 15.0. The predicted molar refractivity (Wildman–Crippen MR) is 135 cm³/mol. The van der Waals surface area contributed by atoms with Crippen LogP contribution in [-0.4, -0.2) is 103 Å². The van der Waals surface area contributed by atoms with Gasteiger partial charge in [-0.25, -0.2) is 0 Å². The third-order valence-electron chi connectivity index (χ3n) is 7.52. The Hall–Kier alpha value is -1.96. The van der Waals surface area contributed by atoms with Gasteiger partial charge in [-0.1, -0.05) is 48.5 Å². The van der Waals surface area contributed by atoms with E-state index in [0.29, 0.717) is 11.1 Å². The maximum Gasteiger partial charge on any atom is 0.113 e. The first-order chi connectivity index (χ1) is 18.2. The molecule has 0 amide bonds. The minimum absolute atomic E-state index is 0.473. The van der Waals surface area contributed by atoms with E-state index in [1.165, 1.54) is 0 Å². The molecular formula is C28H38O10. The predicted octanol–water partition coefficient (Wildman–Crippen LogP) is -0.718. The smallest absolute Gasteiger partial charge is 0.113 e. The molecule has 0 bridgehead atoms. The number of hydrogen-bond acceptors (Lipinski definition) is 10. The highest BCUT2D eigenvalue weighted by atomic mass is 16.6. The van der Waals surface area contributed by atoms with Crippen molar-refractivity contribution in [3.05, 3.63) is 70.8 Å². The highest BCUT2D eigenvalue weighted by molar-refractivity contribution is 5.28. The molecule has 4 rings (SSSR count). The monoisotopic (exact) mass is 534 g/mol. The number of aryl methyl sites for hydroxylation is 2. The van der Waals surface area contributed by atoms with Gasteiger partial charge in [-0.15, -0.1) is 0 Å². The second-order valence-electron chi connectivity index (χ2n) is 10.2. The van der Waals surface area contributed by atoms with E-state index in [9.17, 15) is 40.9 Å². The van der Waals surface area contributed by atoms with Crippen molar-refractivity contribution in [2.24, 2.45) is 0 Å². The van der Waals surface area contributed by atoms with E-state index in [-0.39, 0.29) is 0 Å². The SMILES string of the molecule is OC[C@H]1O[C@H](c2cccc(CCCCc3cccc([C@H]4O[C@H](CO)[C@@H](O)[C@H](O)[C@@H]4O)c3)c2)[C@H](O)[C@@H](O)[C@@H]1O. The molecule has 210 valence electrons. The first kappa shape index (κ1) is 29.0. The van der Waals surface area contributed by atoms with Crippen LogP contribution in [-0.2, 0) is 22.3 Å². The third kappa shape index (κ3) is 6.26. The van der Waals surface area contributed by atoms with Crippen LogP contribution in [0.4, 0.5) is 0 Å². The van der Waals surface area contributed by atoms with Gasteiger partial charge in [-0.05, 0) is 47.9 Å². The van der Waals surface area contributed by atoms with E-state index in [1.54, 1.807) is 12.1 Å². The van der Waals surface area contributed by atoms with E-state index >= 15 is 0 Å². The molecule has 10 nitrogen and oxygen atoms in total. The number of benzene rings is 2. The molecule has 0 unspecified atom stereocenters. The fourth-order valence-electron chi connectivity index (χ4n) is 5.26. The number of ether oxygens (including phenoxy) is 2. The summed E-state index contributed by atoms with van der Waals surface area (Å²) in [5, 5.41) is 80.0. The van der Waals surface area contributed by atoms with Crippen molar-refractivity contribution in [3.8, 4) is 0 Å². The van der Waals surface area contributed by atoms with E-state index in [1.807, 2.05) is 36.4 Å². The van der Waals surface area contributed by atoms with Crippen LogP contribution in [0.1, 0.15) is 47.3 Å². The van der Waals surface area contributed by atoms with Crippen LogP contribution in [0.25, 0.3) is 0 Å². The fourth-order valence-corrected chi connectivity index (χ4v) is 5.26. The summed E-state index contributed by atoms with van der Waals surface area (Å²) in [6.45, 7) is -0.947. The maximum absolute atomic E-state index is 10.4. The average molecular weight is 535 g/mol. The van der Waals surface area contributed by atoms with Gasteiger partial charge in [-0.3, -0.25) is 0 Å². The van der Waals surface area contributed by atoms with E-state index in [4.69, 9.17) is 9.47 Å². The van der Waals surface area contributed by atoms with Crippen molar-refractivity contribution in [1.29, 1.82) is 0 Å². The van der Waals surface area contributed by atoms with Crippen molar-refractivity contribution in [3.63, 3.8) is 0 Å².